The third-order valence-electron chi connectivity index (χ3n) is 3.75. The lowest BCUT2D eigenvalue weighted by Gasteiger charge is -2.05. The number of para-hydroxylation sites is 1. The van der Waals surface area contributed by atoms with Crippen LogP contribution in [0.3, 0.4) is 0 Å². The van der Waals surface area contributed by atoms with Crippen molar-refractivity contribution in [2.45, 2.75) is 0 Å². The maximum absolute atomic E-state index is 12.6. The van der Waals surface area contributed by atoms with Crippen LogP contribution >= 0.6 is 0 Å². The Morgan fingerprint density at radius 3 is 2.68 bits per heavy atom. The van der Waals surface area contributed by atoms with E-state index in [-0.39, 0.29) is 5.56 Å². The highest BCUT2D eigenvalue weighted by Gasteiger charge is 2.14. The second kappa shape index (κ2) is 4.73. The van der Waals surface area contributed by atoms with Gasteiger partial charge in [-0.3, -0.25) is 14.9 Å². The largest absolute Gasteiger partial charge is 0.496 e. The summed E-state index contributed by atoms with van der Waals surface area (Å²) >= 11 is 0. The Balaban J connectivity index is 2.14. The molecule has 0 aliphatic heterocycles. The molecule has 0 aliphatic carbocycles. The molecule has 108 valence electrons. The fourth-order valence-corrected chi connectivity index (χ4v) is 2.70. The maximum Gasteiger partial charge on any atom is 0.280 e. The van der Waals surface area contributed by atoms with E-state index in [2.05, 4.69) is 10.1 Å². The number of hydrogen-bond acceptors (Lipinski definition) is 3. The van der Waals surface area contributed by atoms with Crippen LogP contribution in [0.5, 0.6) is 5.75 Å². The van der Waals surface area contributed by atoms with Gasteiger partial charge in [-0.15, -0.1) is 0 Å². The van der Waals surface area contributed by atoms with Crippen LogP contribution in [0.1, 0.15) is 0 Å². The van der Waals surface area contributed by atoms with Crippen molar-refractivity contribution >= 4 is 21.8 Å². The molecular formula is C17H13N3O2. The van der Waals surface area contributed by atoms with Crippen molar-refractivity contribution in [2.24, 2.45) is 0 Å². The van der Waals surface area contributed by atoms with E-state index in [1.807, 2.05) is 48.5 Å². The molecule has 0 spiro atoms. The maximum atomic E-state index is 12.6. The number of H-pyrrole nitrogens is 1. The second-order valence-electron chi connectivity index (χ2n) is 4.99. The van der Waals surface area contributed by atoms with Gasteiger partial charge in [-0.2, -0.15) is 0 Å². The van der Waals surface area contributed by atoms with Crippen molar-refractivity contribution in [2.75, 3.05) is 7.11 Å². The van der Waals surface area contributed by atoms with E-state index in [4.69, 9.17) is 4.74 Å². The smallest absolute Gasteiger partial charge is 0.280 e. The van der Waals surface area contributed by atoms with Gasteiger partial charge in [0, 0.05) is 6.20 Å². The Morgan fingerprint density at radius 1 is 1.09 bits per heavy atom. The molecule has 2 aromatic heterocycles. The zero-order valence-corrected chi connectivity index (χ0v) is 11.9. The number of aromatic amines is 1. The Kier molecular flexibility index (Phi) is 2.72. The van der Waals surface area contributed by atoms with Crippen LogP contribution in [-0.2, 0) is 0 Å². The topological polar surface area (TPSA) is 59.9 Å². The fraction of sp³-hybridized carbons (Fsp3) is 0.0588. The third kappa shape index (κ3) is 1.72. The number of benzene rings is 2. The molecule has 0 unspecified atom stereocenters. The van der Waals surface area contributed by atoms with E-state index in [0.717, 1.165) is 22.1 Å². The minimum Gasteiger partial charge on any atom is -0.496 e. The first kappa shape index (κ1) is 12.6. The molecule has 5 nitrogen and oxygen atoms in total. The predicted octanol–water partition coefficient (Wildman–Crippen LogP) is 2.88. The Morgan fingerprint density at radius 2 is 1.91 bits per heavy atom. The molecule has 0 bridgehead atoms. The zero-order chi connectivity index (χ0) is 15.1. The van der Waals surface area contributed by atoms with Crippen molar-refractivity contribution in [1.82, 2.24) is 14.8 Å². The molecule has 4 aromatic rings. The Labute approximate surface area is 125 Å². The van der Waals surface area contributed by atoms with Gasteiger partial charge in [0.25, 0.3) is 5.56 Å². The molecule has 4 rings (SSSR count). The van der Waals surface area contributed by atoms with Gasteiger partial charge in [0.1, 0.15) is 5.75 Å². The molecule has 0 saturated heterocycles. The first-order valence-corrected chi connectivity index (χ1v) is 6.91. The van der Waals surface area contributed by atoms with Gasteiger partial charge >= 0.3 is 0 Å². The quantitative estimate of drug-likeness (QED) is 0.618. The van der Waals surface area contributed by atoms with Gasteiger partial charge in [-0.1, -0.05) is 24.3 Å². The molecule has 2 aromatic carbocycles. The number of nitrogens with zero attached hydrogens (tertiary/aromatic N) is 2. The summed E-state index contributed by atoms with van der Waals surface area (Å²) in [7, 11) is 1.61. The van der Waals surface area contributed by atoms with Gasteiger partial charge in [-0.05, 0) is 24.3 Å². The molecule has 22 heavy (non-hydrogen) atoms. The van der Waals surface area contributed by atoms with Gasteiger partial charge in [0.15, 0.2) is 0 Å². The van der Waals surface area contributed by atoms with Crippen LogP contribution in [0.25, 0.3) is 27.5 Å². The summed E-state index contributed by atoms with van der Waals surface area (Å²) in [6, 6.07) is 15.1. The summed E-state index contributed by atoms with van der Waals surface area (Å²) in [6.45, 7) is 0. The second-order valence-corrected chi connectivity index (χ2v) is 4.99. The fourth-order valence-electron chi connectivity index (χ4n) is 2.70. The average molecular weight is 291 g/mol. The van der Waals surface area contributed by atoms with Crippen LogP contribution in [0.15, 0.2) is 59.5 Å². The van der Waals surface area contributed by atoms with Crippen LogP contribution in [0.2, 0.25) is 0 Å². The van der Waals surface area contributed by atoms with Crippen LogP contribution in [0.4, 0.5) is 0 Å². The van der Waals surface area contributed by atoms with Gasteiger partial charge in [-0.25, -0.2) is 4.68 Å². The Hall–Kier alpha value is -3.08. The number of pyridine rings is 1. The molecule has 0 aliphatic rings. The average Bonchev–Trinajstić information content (AvgIpc) is 2.92. The minimum absolute atomic E-state index is 0.124. The van der Waals surface area contributed by atoms with E-state index in [0.29, 0.717) is 11.1 Å². The van der Waals surface area contributed by atoms with E-state index >= 15 is 0 Å². The summed E-state index contributed by atoms with van der Waals surface area (Å²) in [4.78, 5) is 17.0. The molecule has 5 heteroatoms. The first-order chi connectivity index (χ1) is 10.8. The van der Waals surface area contributed by atoms with Crippen LogP contribution < -0.4 is 10.3 Å². The van der Waals surface area contributed by atoms with Crippen molar-refractivity contribution in [1.29, 1.82) is 0 Å². The summed E-state index contributed by atoms with van der Waals surface area (Å²) in [5.41, 5.74) is 2.18. The number of ether oxygens (including phenoxy) is 1. The molecule has 0 amide bonds. The summed E-state index contributed by atoms with van der Waals surface area (Å²) in [6.07, 6.45) is 1.61. The molecule has 0 fully saturated rings. The number of hydrogen-bond donors (Lipinski definition) is 1. The summed E-state index contributed by atoms with van der Waals surface area (Å²) in [5, 5.41) is 4.54. The van der Waals surface area contributed by atoms with E-state index in [1.54, 1.807) is 13.3 Å². The highest BCUT2D eigenvalue weighted by molar-refractivity contribution is 6.06. The highest BCUT2D eigenvalue weighted by atomic mass is 16.5. The van der Waals surface area contributed by atoms with E-state index in [1.165, 1.54) is 4.68 Å². The lowest BCUT2D eigenvalue weighted by atomic mass is 10.1. The highest BCUT2D eigenvalue weighted by Crippen LogP contribution is 2.29. The van der Waals surface area contributed by atoms with Crippen LogP contribution in [0, 0.1) is 0 Å². The number of rotatable bonds is 2. The zero-order valence-electron chi connectivity index (χ0n) is 11.9. The third-order valence-corrected chi connectivity index (χ3v) is 3.75. The number of methoxy groups -OCH3 is 1. The van der Waals surface area contributed by atoms with Gasteiger partial charge in [0.05, 0.1) is 34.6 Å². The predicted molar refractivity (Wildman–Crippen MR) is 85.7 cm³/mol. The number of aromatic nitrogens is 3. The summed E-state index contributed by atoms with van der Waals surface area (Å²) in [5.74, 6) is 0.692. The molecule has 0 saturated carbocycles. The molecule has 1 N–H and O–H groups in total. The monoisotopic (exact) mass is 291 g/mol. The van der Waals surface area contributed by atoms with E-state index in [9.17, 15) is 4.79 Å². The van der Waals surface area contributed by atoms with Crippen molar-refractivity contribution in [3.05, 3.63) is 65.1 Å². The normalized spacial score (nSPS) is 11.1. The summed E-state index contributed by atoms with van der Waals surface area (Å²) < 4.78 is 6.95. The lowest BCUT2D eigenvalue weighted by Crippen LogP contribution is -2.13. The molecule has 0 atom stereocenters. The van der Waals surface area contributed by atoms with Crippen molar-refractivity contribution < 1.29 is 4.74 Å². The lowest BCUT2D eigenvalue weighted by molar-refractivity contribution is 0.420. The Bertz CT molecular complexity index is 1030. The van der Waals surface area contributed by atoms with E-state index < -0.39 is 0 Å². The molecular weight excluding hydrogens is 278 g/mol. The standard InChI is InChI=1S/C17H13N3O2/c1-22-14-9-5-8-13-15(14)16-12(10-18-13)17(21)20(19-16)11-6-3-2-4-7-11/h2-10,19H,1H3. The number of nitrogens with one attached hydrogen (secondary N) is 1. The molecule has 2 heterocycles. The SMILES string of the molecule is COc1cccc2ncc3c(=O)n(-c4ccccc4)[nH]c3c12. The molecule has 0 radical (unpaired) electrons. The first-order valence-electron chi connectivity index (χ1n) is 6.91. The van der Waals surface area contributed by atoms with Crippen molar-refractivity contribution in [3.8, 4) is 11.4 Å². The van der Waals surface area contributed by atoms with Gasteiger partial charge < -0.3 is 4.74 Å². The minimum atomic E-state index is -0.124. The van der Waals surface area contributed by atoms with Crippen molar-refractivity contribution in [3.63, 3.8) is 0 Å². The number of fused-ring (bicyclic) bond motifs is 3. The van der Waals surface area contributed by atoms with Gasteiger partial charge in [0.2, 0.25) is 0 Å². The van der Waals surface area contributed by atoms with Crippen LogP contribution in [-0.4, -0.2) is 21.9 Å².